The number of nitrogens with zero attached hydrogens (tertiary/aromatic N) is 1. The van der Waals surface area contributed by atoms with Crippen LogP contribution in [0.15, 0.2) is 18.2 Å². The van der Waals surface area contributed by atoms with Crippen molar-refractivity contribution in [2.75, 3.05) is 20.2 Å². The molecule has 0 aromatic heterocycles. The lowest BCUT2D eigenvalue weighted by Crippen LogP contribution is -2.32. The first-order valence-corrected chi connectivity index (χ1v) is 7.26. The number of nitrogens with two attached hydrogens (primary N) is 1. The molecule has 2 N–H and O–H groups in total. The van der Waals surface area contributed by atoms with Gasteiger partial charge in [-0.2, -0.15) is 0 Å². The highest BCUT2D eigenvalue weighted by Crippen LogP contribution is 2.20. The van der Waals surface area contributed by atoms with Gasteiger partial charge in [-0.05, 0) is 43.7 Å². The van der Waals surface area contributed by atoms with Crippen molar-refractivity contribution in [2.24, 2.45) is 5.73 Å². The summed E-state index contributed by atoms with van der Waals surface area (Å²) >= 11 is 0. The molecule has 0 saturated heterocycles. The van der Waals surface area contributed by atoms with Gasteiger partial charge in [0.05, 0.1) is 13.7 Å². The van der Waals surface area contributed by atoms with Crippen molar-refractivity contribution in [2.45, 2.75) is 39.8 Å². The Hall–Kier alpha value is -1.50. The number of methoxy groups -OCH3 is 1. The van der Waals surface area contributed by atoms with E-state index in [1.807, 2.05) is 12.1 Å². The van der Waals surface area contributed by atoms with Gasteiger partial charge in [0, 0.05) is 18.2 Å². The van der Waals surface area contributed by atoms with Gasteiger partial charge in [-0.3, -0.25) is 4.90 Å². The lowest BCUT2D eigenvalue weighted by atomic mass is 10.1. The molecular weight excluding hydrogens is 248 g/mol. The molecule has 20 heavy (non-hydrogen) atoms. The Bertz CT molecular complexity index is 474. The molecule has 0 saturated carbocycles. The highest BCUT2D eigenvalue weighted by atomic mass is 16.5. The lowest BCUT2D eigenvalue weighted by molar-refractivity contribution is 0.205. The maximum atomic E-state index is 5.47. The molecule has 0 fully saturated rings. The van der Waals surface area contributed by atoms with Gasteiger partial charge in [-0.25, -0.2) is 0 Å². The van der Waals surface area contributed by atoms with Crippen LogP contribution in [0.5, 0.6) is 5.75 Å². The molecular formula is C17H26N2O. The second-order valence-corrected chi connectivity index (χ2v) is 4.85. The topological polar surface area (TPSA) is 38.5 Å². The molecule has 0 spiro atoms. The average Bonchev–Trinajstić information content (AvgIpc) is 2.50. The molecule has 1 aromatic carbocycles. The predicted molar refractivity (Wildman–Crippen MR) is 84.8 cm³/mol. The zero-order valence-corrected chi connectivity index (χ0v) is 13.1. The van der Waals surface area contributed by atoms with Gasteiger partial charge in [0.2, 0.25) is 0 Å². The second-order valence-electron chi connectivity index (χ2n) is 4.85. The molecule has 1 aromatic rings. The van der Waals surface area contributed by atoms with Crippen molar-refractivity contribution in [3.05, 3.63) is 29.3 Å². The Balaban J connectivity index is 3.05. The Morgan fingerprint density at radius 3 is 2.65 bits per heavy atom. The standard InChI is InChI=1S/C17H26N2O/c1-5-14(3)19(6-2)13-16-12-17(20-4)10-9-15(16)8-7-11-18/h9-10,12,14H,5-6,11,13,18H2,1-4H3. The Labute approximate surface area is 123 Å². The molecule has 3 nitrogen and oxygen atoms in total. The minimum absolute atomic E-state index is 0.383. The second kappa shape index (κ2) is 8.63. The third kappa shape index (κ3) is 4.56. The van der Waals surface area contributed by atoms with E-state index in [4.69, 9.17) is 10.5 Å². The van der Waals surface area contributed by atoms with E-state index in [0.717, 1.165) is 30.8 Å². The minimum atomic E-state index is 0.383. The largest absolute Gasteiger partial charge is 0.497 e. The first-order chi connectivity index (χ1) is 9.65. The minimum Gasteiger partial charge on any atom is -0.497 e. The smallest absolute Gasteiger partial charge is 0.119 e. The fraction of sp³-hybridized carbons (Fsp3) is 0.529. The molecule has 110 valence electrons. The molecule has 0 amide bonds. The van der Waals surface area contributed by atoms with E-state index >= 15 is 0 Å². The molecule has 0 aliphatic carbocycles. The molecule has 0 aliphatic heterocycles. The van der Waals surface area contributed by atoms with E-state index in [1.54, 1.807) is 7.11 Å². The van der Waals surface area contributed by atoms with Crippen molar-refractivity contribution in [3.8, 4) is 17.6 Å². The normalized spacial score (nSPS) is 11.9. The molecule has 0 radical (unpaired) electrons. The monoisotopic (exact) mass is 274 g/mol. The van der Waals surface area contributed by atoms with Crippen LogP contribution in [0.25, 0.3) is 0 Å². The van der Waals surface area contributed by atoms with Crippen LogP contribution in [-0.4, -0.2) is 31.1 Å². The van der Waals surface area contributed by atoms with Crippen LogP contribution < -0.4 is 10.5 Å². The average molecular weight is 274 g/mol. The third-order valence-electron chi connectivity index (χ3n) is 3.63. The van der Waals surface area contributed by atoms with Crippen LogP contribution in [0.4, 0.5) is 0 Å². The van der Waals surface area contributed by atoms with Crippen LogP contribution in [0.3, 0.4) is 0 Å². The van der Waals surface area contributed by atoms with E-state index in [2.05, 4.69) is 43.6 Å². The number of ether oxygens (including phenoxy) is 1. The van der Waals surface area contributed by atoms with Gasteiger partial charge >= 0.3 is 0 Å². The van der Waals surface area contributed by atoms with Crippen molar-refractivity contribution < 1.29 is 4.74 Å². The van der Waals surface area contributed by atoms with Crippen LogP contribution >= 0.6 is 0 Å². The maximum Gasteiger partial charge on any atom is 0.119 e. The van der Waals surface area contributed by atoms with E-state index in [0.29, 0.717) is 12.6 Å². The molecule has 0 bridgehead atoms. The summed E-state index contributed by atoms with van der Waals surface area (Å²) < 4.78 is 5.32. The Morgan fingerprint density at radius 2 is 2.10 bits per heavy atom. The number of hydrogen-bond donors (Lipinski definition) is 1. The van der Waals surface area contributed by atoms with Gasteiger partial charge in [0.1, 0.15) is 5.75 Å². The summed E-state index contributed by atoms with van der Waals surface area (Å²) in [6, 6.07) is 6.60. The van der Waals surface area contributed by atoms with Gasteiger partial charge in [0.25, 0.3) is 0 Å². The fourth-order valence-electron chi connectivity index (χ4n) is 2.15. The summed E-state index contributed by atoms with van der Waals surface area (Å²) in [7, 11) is 1.69. The van der Waals surface area contributed by atoms with Gasteiger partial charge in [-0.15, -0.1) is 0 Å². The zero-order valence-electron chi connectivity index (χ0n) is 13.1. The number of rotatable bonds is 6. The van der Waals surface area contributed by atoms with Crippen molar-refractivity contribution in [3.63, 3.8) is 0 Å². The summed E-state index contributed by atoms with van der Waals surface area (Å²) in [6.07, 6.45) is 1.14. The van der Waals surface area contributed by atoms with Gasteiger partial charge < -0.3 is 10.5 Å². The Morgan fingerprint density at radius 1 is 1.35 bits per heavy atom. The molecule has 1 unspecified atom stereocenters. The van der Waals surface area contributed by atoms with Crippen LogP contribution in [0.2, 0.25) is 0 Å². The van der Waals surface area contributed by atoms with Crippen LogP contribution in [0, 0.1) is 11.8 Å². The number of hydrogen-bond acceptors (Lipinski definition) is 3. The molecule has 3 heteroatoms. The predicted octanol–water partition coefficient (Wildman–Crippen LogP) is 2.63. The van der Waals surface area contributed by atoms with Gasteiger partial charge in [-0.1, -0.05) is 25.7 Å². The number of benzene rings is 1. The summed E-state index contributed by atoms with van der Waals surface area (Å²) in [5.74, 6) is 6.96. The first kappa shape index (κ1) is 16.6. The van der Waals surface area contributed by atoms with Crippen molar-refractivity contribution in [1.29, 1.82) is 0 Å². The molecule has 1 rings (SSSR count). The SMILES string of the molecule is CCC(C)N(CC)Cc1cc(OC)ccc1C#CCN. The van der Waals surface area contributed by atoms with Gasteiger partial charge in [0.15, 0.2) is 0 Å². The maximum absolute atomic E-state index is 5.47. The molecule has 0 aliphatic rings. The van der Waals surface area contributed by atoms with Crippen LogP contribution in [0.1, 0.15) is 38.3 Å². The summed E-state index contributed by atoms with van der Waals surface area (Å²) in [5, 5.41) is 0. The first-order valence-electron chi connectivity index (χ1n) is 7.26. The zero-order chi connectivity index (χ0) is 15.0. The highest BCUT2D eigenvalue weighted by Gasteiger charge is 2.13. The fourth-order valence-corrected chi connectivity index (χ4v) is 2.15. The third-order valence-corrected chi connectivity index (χ3v) is 3.63. The summed E-state index contributed by atoms with van der Waals surface area (Å²) in [6.45, 7) is 8.96. The molecule has 0 heterocycles. The lowest BCUT2D eigenvalue weighted by Gasteiger charge is -2.27. The van der Waals surface area contributed by atoms with E-state index in [9.17, 15) is 0 Å². The van der Waals surface area contributed by atoms with E-state index in [1.165, 1.54) is 5.56 Å². The Kier molecular flexibility index (Phi) is 7.14. The summed E-state index contributed by atoms with van der Waals surface area (Å²) in [5.41, 5.74) is 7.71. The van der Waals surface area contributed by atoms with E-state index < -0.39 is 0 Å². The molecule has 1 atom stereocenters. The van der Waals surface area contributed by atoms with Crippen molar-refractivity contribution >= 4 is 0 Å². The summed E-state index contributed by atoms with van der Waals surface area (Å²) in [4.78, 5) is 2.45. The van der Waals surface area contributed by atoms with Crippen LogP contribution in [-0.2, 0) is 6.54 Å². The quantitative estimate of drug-likeness (QED) is 0.810. The van der Waals surface area contributed by atoms with Crippen molar-refractivity contribution in [1.82, 2.24) is 4.90 Å². The highest BCUT2D eigenvalue weighted by molar-refractivity contribution is 5.45. The van der Waals surface area contributed by atoms with E-state index in [-0.39, 0.29) is 0 Å².